The number of carbonyl (C=O) groups excluding carboxylic acids is 1. The Bertz CT molecular complexity index is 1130. The molecule has 0 bridgehead atoms. The highest BCUT2D eigenvalue weighted by Gasteiger charge is 2.42. The summed E-state index contributed by atoms with van der Waals surface area (Å²) < 4.78 is 71.0. The highest BCUT2D eigenvalue weighted by molar-refractivity contribution is 7.99. The Morgan fingerprint density at radius 3 is 2.53 bits per heavy atom. The van der Waals surface area contributed by atoms with Gasteiger partial charge in [0.1, 0.15) is 11.6 Å². The Morgan fingerprint density at radius 1 is 1.26 bits per heavy atom. The number of rotatable bonds is 5. The minimum Gasteiger partial charge on any atom is -0.355 e. The van der Waals surface area contributed by atoms with Crippen LogP contribution in [-0.2, 0) is 6.18 Å². The molecule has 2 aliphatic rings. The Labute approximate surface area is 198 Å². The van der Waals surface area contributed by atoms with Crippen molar-refractivity contribution in [2.75, 3.05) is 37.8 Å². The SMILES string of the molecule is C=CN1c2c(C(=O)NC)cc(C(F)(F)F)c(-c3ccc(F)cc3F)c2SC[C@@H]1CC1CN(C)C1. The van der Waals surface area contributed by atoms with Gasteiger partial charge in [0.2, 0.25) is 0 Å². The maximum atomic E-state index is 14.8. The van der Waals surface area contributed by atoms with E-state index >= 15 is 0 Å². The average molecular weight is 498 g/mol. The third kappa shape index (κ3) is 4.40. The second kappa shape index (κ2) is 9.22. The van der Waals surface area contributed by atoms with Crippen molar-refractivity contribution >= 4 is 23.4 Å². The summed E-state index contributed by atoms with van der Waals surface area (Å²) >= 11 is 1.16. The van der Waals surface area contributed by atoms with E-state index in [2.05, 4.69) is 16.8 Å². The number of hydrogen-bond donors (Lipinski definition) is 1. The molecular weight excluding hydrogens is 473 g/mol. The number of nitrogens with zero attached hydrogens (tertiary/aromatic N) is 2. The summed E-state index contributed by atoms with van der Waals surface area (Å²) in [7, 11) is 3.35. The topological polar surface area (TPSA) is 35.6 Å². The number of benzene rings is 2. The molecule has 182 valence electrons. The van der Waals surface area contributed by atoms with Crippen LogP contribution in [-0.4, -0.2) is 49.8 Å². The van der Waals surface area contributed by atoms with Gasteiger partial charge >= 0.3 is 6.18 Å². The highest BCUT2D eigenvalue weighted by Crippen LogP contribution is 2.52. The largest absolute Gasteiger partial charge is 0.417 e. The smallest absolute Gasteiger partial charge is 0.355 e. The van der Waals surface area contributed by atoms with Crippen molar-refractivity contribution in [2.24, 2.45) is 5.92 Å². The normalized spacial score (nSPS) is 18.9. The third-order valence-corrected chi connectivity index (χ3v) is 7.48. The third-order valence-electron chi connectivity index (χ3n) is 6.25. The maximum Gasteiger partial charge on any atom is 0.417 e. The van der Waals surface area contributed by atoms with Gasteiger partial charge in [0.25, 0.3) is 5.91 Å². The van der Waals surface area contributed by atoms with Crippen molar-refractivity contribution in [1.82, 2.24) is 10.2 Å². The van der Waals surface area contributed by atoms with Crippen molar-refractivity contribution in [3.63, 3.8) is 0 Å². The van der Waals surface area contributed by atoms with E-state index in [9.17, 15) is 26.7 Å². The van der Waals surface area contributed by atoms with Gasteiger partial charge in [0.15, 0.2) is 0 Å². The summed E-state index contributed by atoms with van der Waals surface area (Å²) in [4.78, 5) is 16.8. The summed E-state index contributed by atoms with van der Waals surface area (Å²) in [5.41, 5.74) is -1.82. The predicted octanol–water partition coefficient (Wildman–Crippen LogP) is 5.39. The van der Waals surface area contributed by atoms with Gasteiger partial charge in [-0.25, -0.2) is 8.78 Å². The molecule has 0 radical (unpaired) electrons. The summed E-state index contributed by atoms with van der Waals surface area (Å²) in [6.07, 6.45) is -2.59. The maximum absolute atomic E-state index is 14.8. The van der Waals surface area contributed by atoms with Gasteiger partial charge in [-0.05, 0) is 43.8 Å². The number of anilines is 1. The fourth-order valence-corrected chi connectivity index (χ4v) is 6.13. The number of thioether (sulfide) groups is 1. The Hall–Kier alpha value is -2.59. The Morgan fingerprint density at radius 2 is 1.97 bits per heavy atom. The number of likely N-dealkylation sites (tertiary alicyclic amines) is 1. The molecule has 4 nitrogen and oxygen atoms in total. The van der Waals surface area contributed by atoms with E-state index in [1.807, 2.05) is 7.05 Å². The van der Waals surface area contributed by atoms with Crippen LogP contribution >= 0.6 is 11.8 Å². The minimum absolute atomic E-state index is 0.0974. The molecule has 1 N–H and O–H groups in total. The molecular formula is C24H24F5N3OS. The molecule has 2 aromatic carbocycles. The van der Waals surface area contributed by atoms with E-state index in [0.29, 0.717) is 17.7 Å². The fourth-order valence-electron chi connectivity index (χ4n) is 4.76. The van der Waals surface area contributed by atoms with Gasteiger partial charge in [0.05, 0.1) is 16.8 Å². The molecule has 4 rings (SSSR count). The van der Waals surface area contributed by atoms with E-state index in [1.165, 1.54) is 13.2 Å². The minimum atomic E-state index is -4.87. The van der Waals surface area contributed by atoms with Crippen molar-refractivity contribution in [3.05, 3.63) is 59.8 Å². The number of alkyl halides is 3. The van der Waals surface area contributed by atoms with Crippen LogP contribution in [0.3, 0.4) is 0 Å². The first-order valence-corrected chi connectivity index (χ1v) is 11.7. The van der Waals surface area contributed by atoms with Gasteiger partial charge < -0.3 is 15.1 Å². The number of halogens is 5. The lowest BCUT2D eigenvalue weighted by Gasteiger charge is -2.44. The van der Waals surface area contributed by atoms with Crippen LogP contribution in [0.15, 0.2) is 41.9 Å². The molecule has 1 saturated heterocycles. The molecule has 1 fully saturated rings. The Balaban J connectivity index is 1.96. The lowest BCUT2D eigenvalue weighted by atomic mass is 9.90. The summed E-state index contributed by atoms with van der Waals surface area (Å²) in [5.74, 6) is -1.83. The summed E-state index contributed by atoms with van der Waals surface area (Å²) in [5, 5.41) is 2.41. The van der Waals surface area contributed by atoms with E-state index in [4.69, 9.17) is 0 Å². The molecule has 10 heteroatoms. The molecule has 2 aliphatic heterocycles. The van der Waals surface area contributed by atoms with Gasteiger partial charge in [-0.1, -0.05) is 6.58 Å². The van der Waals surface area contributed by atoms with Gasteiger partial charge in [-0.2, -0.15) is 13.2 Å². The zero-order valence-electron chi connectivity index (χ0n) is 18.7. The lowest BCUT2D eigenvalue weighted by Crippen LogP contribution is -2.48. The standard InChI is InChI=1S/C24H24F5N3OS/c1-4-32-15(7-13-10-31(3)11-13)12-34-22-20(16-6-5-14(25)8-19(16)26)18(24(27,28)29)9-17(21(22)32)23(33)30-2/h4-6,8-9,13,15H,1,7,10-12H2,2-3H3,(H,30,33)/t15-/m0/s1. The molecule has 0 aliphatic carbocycles. The van der Waals surface area contributed by atoms with Crippen molar-refractivity contribution in [3.8, 4) is 11.1 Å². The van der Waals surface area contributed by atoms with Crippen LogP contribution in [0.1, 0.15) is 22.3 Å². The second-order valence-corrected chi connectivity index (χ2v) is 9.63. The molecule has 2 heterocycles. The van der Waals surface area contributed by atoms with Crippen LogP contribution in [0.2, 0.25) is 0 Å². The molecule has 0 aromatic heterocycles. The van der Waals surface area contributed by atoms with Crippen LogP contribution in [0.25, 0.3) is 11.1 Å². The summed E-state index contributed by atoms with van der Waals surface area (Å²) in [6, 6.07) is 3.14. The lowest BCUT2D eigenvalue weighted by molar-refractivity contribution is -0.137. The zero-order valence-corrected chi connectivity index (χ0v) is 19.5. The first-order valence-electron chi connectivity index (χ1n) is 10.7. The van der Waals surface area contributed by atoms with E-state index in [0.717, 1.165) is 49.5 Å². The number of hydrogen-bond acceptors (Lipinski definition) is 4. The average Bonchev–Trinajstić information content (AvgIpc) is 2.75. The van der Waals surface area contributed by atoms with Gasteiger partial charge in [-0.15, -0.1) is 11.8 Å². The van der Waals surface area contributed by atoms with Crippen molar-refractivity contribution < 1.29 is 26.7 Å². The molecule has 1 atom stereocenters. The highest BCUT2D eigenvalue weighted by atomic mass is 32.2. The molecule has 1 amide bonds. The van der Waals surface area contributed by atoms with Crippen LogP contribution in [0.5, 0.6) is 0 Å². The van der Waals surface area contributed by atoms with Crippen LogP contribution in [0, 0.1) is 17.6 Å². The second-order valence-electron chi connectivity index (χ2n) is 8.60. The van der Waals surface area contributed by atoms with Crippen molar-refractivity contribution in [2.45, 2.75) is 23.5 Å². The van der Waals surface area contributed by atoms with Gasteiger partial charge in [-0.3, -0.25) is 4.79 Å². The zero-order chi connectivity index (χ0) is 24.8. The van der Waals surface area contributed by atoms with E-state index < -0.39 is 34.8 Å². The van der Waals surface area contributed by atoms with Crippen LogP contribution < -0.4 is 10.2 Å². The summed E-state index contributed by atoms with van der Waals surface area (Å²) in [6.45, 7) is 5.69. The fraction of sp³-hybridized carbons (Fsp3) is 0.375. The molecule has 0 saturated carbocycles. The first-order chi connectivity index (χ1) is 16.0. The van der Waals surface area contributed by atoms with E-state index in [1.54, 1.807) is 4.90 Å². The molecule has 34 heavy (non-hydrogen) atoms. The van der Waals surface area contributed by atoms with Gasteiger partial charge in [0, 0.05) is 54.0 Å². The quantitative estimate of drug-likeness (QED) is 0.563. The van der Waals surface area contributed by atoms with Crippen LogP contribution in [0.4, 0.5) is 27.6 Å². The Kier molecular flexibility index (Phi) is 6.65. The number of amides is 1. The predicted molar refractivity (Wildman–Crippen MR) is 123 cm³/mol. The monoisotopic (exact) mass is 497 g/mol. The number of carbonyl (C=O) groups is 1. The van der Waals surface area contributed by atoms with E-state index in [-0.39, 0.29) is 27.8 Å². The van der Waals surface area contributed by atoms with Crippen molar-refractivity contribution in [1.29, 1.82) is 0 Å². The molecule has 0 unspecified atom stereocenters. The molecule has 0 spiro atoms. The molecule has 2 aromatic rings. The number of nitrogens with one attached hydrogen (secondary N) is 1. The first kappa shape index (κ1) is 24.5. The number of fused-ring (bicyclic) bond motifs is 1.